The van der Waals surface area contributed by atoms with Crippen molar-refractivity contribution in [3.8, 4) is 0 Å². The average molecular weight is 270 g/mol. The molecule has 0 amide bonds. The molecule has 1 heterocycles. The number of benzene rings is 1. The summed E-state index contributed by atoms with van der Waals surface area (Å²) in [6, 6.07) is 10.5. The predicted octanol–water partition coefficient (Wildman–Crippen LogP) is 2.54. The minimum atomic E-state index is -0.651. The lowest BCUT2D eigenvalue weighted by atomic mass is 9.94. The summed E-state index contributed by atoms with van der Waals surface area (Å²) < 4.78 is 2.03. The number of nitrogens with zero attached hydrogens (tertiary/aromatic N) is 2. The smallest absolute Gasteiger partial charge is 0.0783 e. The molecule has 20 heavy (non-hydrogen) atoms. The summed E-state index contributed by atoms with van der Waals surface area (Å²) in [4.78, 5) is 0. The number of hydrogen-bond acceptors (Lipinski definition) is 2. The van der Waals surface area contributed by atoms with E-state index >= 15 is 0 Å². The summed E-state index contributed by atoms with van der Waals surface area (Å²) in [5.41, 5.74) is 4.18. The predicted molar refractivity (Wildman–Crippen MR) is 79.8 cm³/mol. The van der Waals surface area contributed by atoms with Crippen LogP contribution in [-0.2, 0) is 32.2 Å². The van der Waals surface area contributed by atoms with Crippen molar-refractivity contribution in [1.29, 1.82) is 0 Å². The number of aromatic nitrogens is 2. The van der Waals surface area contributed by atoms with E-state index in [4.69, 9.17) is 0 Å². The van der Waals surface area contributed by atoms with Crippen LogP contribution in [0.1, 0.15) is 36.4 Å². The van der Waals surface area contributed by atoms with Crippen molar-refractivity contribution < 1.29 is 5.11 Å². The first-order chi connectivity index (χ1) is 9.63. The molecule has 3 heteroatoms. The first-order valence-corrected chi connectivity index (χ1v) is 7.48. The molecule has 1 aliphatic rings. The average Bonchev–Trinajstić information content (AvgIpc) is 2.98. The van der Waals surface area contributed by atoms with Crippen molar-refractivity contribution in [3.05, 3.63) is 52.8 Å². The maximum Gasteiger partial charge on any atom is 0.0783 e. The van der Waals surface area contributed by atoms with Gasteiger partial charge in [-0.1, -0.05) is 31.2 Å². The van der Waals surface area contributed by atoms with E-state index in [0.717, 1.165) is 37.2 Å². The van der Waals surface area contributed by atoms with Crippen molar-refractivity contribution in [1.82, 2.24) is 9.78 Å². The Bertz CT molecular complexity index is 590. The zero-order valence-corrected chi connectivity index (χ0v) is 12.3. The summed E-state index contributed by atoms with van der Waals surface area (Å²) in [7, 11) is 0. The number of hydrogen-bond donors (Lipinski definition) is 1. The molecule has 1 aromatic carbocycles. The van der Waals surface area contributed by atoms with Crippen molar-refractivity contribution in [2.75, 3.05) is 0 Å². The van der Waals surface area contributed by atoms with Crippen LogP contribution in [0.5, 0.6) is 0 Å². The molecule has 0 unspecified atom stereocenters. The van der Waals surface area contributed by atoms with Crippen LogP contribution in [0.25, 0.3) is 0 Å². The Balaban J connectivity index is 1.84. The van der Waals surface area contributed by atoms with Gasteiger partial charge in [0.05, 0.1) is 11.3 Å². The highest BCUT2D eigenvalue weighted by molar-refractivity contribution is 5.36. The van der Waals surface area contributed by atoms with Gasteiger partial charge in [0.25, 0.3) is 0 Å². The molecule has 2 aromatic rings. The molecule has 0 fully saturated rings. The number of fused-ring (bicyclic) bond motifs is 1. The first kappa shape index (κ1) is 13.4. The molecular formula is C17H22N2O. The maximum absolute atomic E-state index is 10.9. The quantitative estimate of drug-likeness (QED) is 0.927. The van der Waals surface area contributed by atoms with E-state index in [1.54, 1.807) is 0 Å². The van der Waals surface area contributed by atoms with Crippen LogP contribution in [0.15, 0.2) is 30.3 Å². The lowest BCUT2D eigenvalue weighted by molar-refractivity contribution is 0.0497. The summed E-state index contributed by atoms with van der Waals surface area (Å²) in [6.07, 6.45) is 3.13. The summed E-state index contributed by atoms with van der Waals surface area (Å²) in [6.45, 7) is 5.08. The van der Waals surface area contributed by atoms with Gasteiger partial charge in [-0.2, -0.15) is 5.10 Å². The van der Waals surface area contributed by atoms with Crippen LogP contribution in [0, 0.1) is 0 Å². The molecule has 1 aromatic heterocycles. The van der Waals surface area contributed by atoms with Crippen LogP contribution in [-0.4, -0.2) is 20.5 Å². The Kier molecular flexibility index (Phi) is 3.38. The standard InChI is InChI=1S/C17H22N2O/c1-3-15-9-16(19(4-2)18-15)12-17(20)10-13-7-5-6-8-14(13)11-17/h5-9,20H,3-4,10-12H2,1-2H3. The van der Waals surface area contributed by atoms with Crippen molar-refractivity contribution >= 4 is 0 Å². The van der Waals surface area contributed by atoms with Crippen LogP contribution in [0.3, 0.4) is 0 Å². The third-order valence-electron chi connectivity index (χ3n) is 4.24. The fraction of sp³-hybridized carbons (Fsp3) is 0.471. The zero-order valence-electron chi connectivity index (χ0n) is 12.3. The van der Waals surface area contributed by atoms with E-state index in [1.165, 1.54) is 11.1 Å². The number of rotatable bonds is 4. The molecule has 0 atom stereocenters. The third kappa shape index (κ3) is 2.38. The number of aryl methyl sites for hydroxylation is 2. The Hall–Kier alpha value is -1.61. The number of aliphatic hydroxyl groups is 1. The van der Waals surface area contributed by atoms with E-state index in [2.05, 4.69) is 49.3 Å². The van der Waals surface area contributed by atoms with E-state index in [1.807, 2.05) is 4.68 Å². The lowest BCUT2D eigenvalue weighted by Gasteiger charge is -2.22. The van der Waals surface area contributed by atoms with Gasteiger partial charge in [-0.05, 0) is 30.5 Å². The third-order valence-corrected chi connectivity index (χ3v) is 4.24. The fourth-order valence-corrected chi connectivity index (χ4v) is 3.24. The second-order valence-corrected chi connectivity index (χ2v) is 5.82. The van der Waals surface area contributed by atoms with Crippen molar-refractivity contribution in [3.63, 3.8) is 0 Å². The van der Waals surface area contributed by atoms with E-state index in [-0.39, 0.29) is 0 Å². The monoisotopic (exact) mass is 270 g/mol. The van der Waals surface area contributed by atoms with Gasteiger partial charge >= 0.3 is 0 Å². The first-order valence-electron chi connectivity index (χ1n) is 7.48. The Labute approximate surface area is 120 Å². The van der Waals surface area contributed by atoms with E-state index < -0.39 is 5.60 Å². The molecule has 0 radical (unpaired) electrons. The van der Waals surface area contributed by atoms with Crippen LogP contribution in [0.2, 0.25) is 0 Å². The normalized spacial score (nSPS) is 16.4. The topological polar surface area (TPSA) is 38.0 Å². The van der Waals surface area contributed by atoms with Gasteiger partial charge in [0.1, 0.15) is 0 Å². The van der Waals surface area contributed by atoms with Gasteiger partial charge < -0.3 is 5.11 Å². The fourth-order valence-electron chi connectivity index (χ4n) is 3.24. The van der Waals surface area contributed by atoms with Crippen molar-refractivity contribution in [2.24, 2.45) is 0 Å². The summed E-state index contributed by atoms with van der Waals surface area (Å²) in [5, 5.41) is 15.5. The molecule has 1 N–H and O–H groups in total. The molecule has 3 nitrogen and oxygen atoms in total. The molecule has 0 saturated carbocycles. The zero-order chi connectivity index (χ0) is 14.2. The van der Waals surface area contributed by atoms with Crippen LogP contribution >= 0.6 is 0 Å². The van der Waals surface area contributed by atoms with Gasteiger partial charge in [0.15, 0.2) is 0 Å². The van der Waals surface area contributed by atoms with Gasteiger partial charge in [-0.25, -0.2) is 0 Å². The molecule has 3 rings (SSSR count). The van der Waals surface area contributed by atoms with Crippen LogP contribution < -0.4 is 0 Å². The molecule has 0 bridgehead atoms. The molecule has 106 valence electrons. The van der Waals surface area contributed by atoms with Gasteiger partial charge in [0.2, 0.25) is 0 Å². The molecular weight excluding hydrogens is 248 g/mol. The Morgan fingerprint density at radius 1 is 1.20 bits per heavy atom. The Morgan fingerprint density at radius 2 is 1.85 bits per heavy atom. The van der Waals surface area contributed by atoms with Crippen molar-refractivity contribution in [2.45, 2.75) is 51.7 Å². The highest BCUT2D eigenvalue weighted by Gasteiger charge is 2.35. The minimum absolute atomic E-state index is 0.651. The second-order valence-electron chi connectivity index (χ2n) is 5.82. The summed E-state index contributed by atoms with van der Waals surface area (Å²) in [5.74, 6) is 0. The lowest BCUT2D eigenvalue weighted by Crippen LogP contribution is -2.33. The largest absolute Gasteiger partial charge is 0.389 e. The summed E-state index contributed by atoms with van der Waals surface area (Å²) >= 11 is 0. The van der Waals surface area contributed by atoms with E-state index in [0.29, 0.717) is 6.42 Å². The maximum atomic E-state index is 10.9. The van der Waals surface area contributed by atoms with Gasteiger partial charge in [0, 0.05) is 31.5 Å². The molecule has 0 saturated heterocycles. The second kappa shape index (κ2) is 5.06. The minimum Gasteiger partial charge on any atom is -0.389 e. The van der Waals surface area contributed by atoms with Crippen LogP contribution in [0.4, 0.5) is 0 Å². The highest BCUT2D eigenvalue weighted by Crippen LogP contribution is 2.32. The van der Waals surface area contributed by atoms with E-state index in [9.17, 15) is 5.11 Å². The van der Waals surface area contributed by atoms with Gasteiger partial charge in [-0.3, -0.25) is 4.68 Å². The van der Waals surface area contributed by atoms with Gasteiger partial charge in [-0.15, -0.1) is 0 Å². The molecule has 0 aliphatic heterocycles. The SMILES string of the molecule is CCc1cc(CC2(O)Cc3ccccc3C2)n(CC)n1. The Morgan fingerprint density at radius 3 is 2.40 bits per heavy atom. The highest BCUT2D eigenvalue weighted by atomic mass is 16.3. The molecule has 1 aliphatic carbocycles. The molecule has 0 spiro atoms.